The van der Waals surface area contributed by atoms with E-state index in [0.717, 1.165) is 16.7 Å². The first-order chi connectivity index (χ1) is 13.5. The second kappa shape index (κ2) is 11.2. The van der Waals surface area contributed by atoms with Crippen molar-refractivity contribution in [3.05, 3.63) is 60.2 Å². The van der Waals surface area contributed by atoms with Gasteiger partial charge in [0.25, 0.3) is 0 Å². The van der Waals surface area contributed by atoms with Crippen molar-refractivity contribution in [1.29, 1.82) is 0 Å². The number of nitrogens with two attached hydrogens (primary N) is 1. The van der Waals surface area contributed by atoms with Crippen molar-refractivity contribution in [2.24, 2.45) is 5.84 Å². The summed E-state index contributed by atoms with van der Waals surface area (Å²) in [5, 5.41) is 5.73. The van der Waals surface area contributed by atoms with Crippen LogP contribution in [-0.2, 0) is 20.7 Å². The number of benzene rings is 2. The lowest BCUT2D eigenvalue weighted by Crippen LogP contribution is -2.53. The van der Waals surface area contributed by atoms with E-state index in [1.165, 1.54) is 0 Å². The van der Waals surface area contributed by atoms with Crippen LogP contribution in [0, 0.1) is 0 Å². The van der Waals surface area contributed by atoms with E-state index in [4.69, 9.17) is 10.6 Å². The Morgan fingerprint density at radius 2 is 1.68 bits per heavy atom. The maximum absolute atomic E-state index is 12.5. The number of carbonyl (C=O) groups excluding carboxylic acids is 2. The van der Waals surface area contributed by atoms with E-state index in [-0.39, 0.29) is 12.6 Å². The van der Waals surface area contributed by atoms with E-state index in [0.29, 0.717) is 13.0 Å². The van der Waals surface area contributed by atoms with Crippen molar-refractivity contribution in [3.63, 3.8) is 0 Å². The first-order valence-electron chi connectivity index (χ1n) is 9.33. The Kier molecular flexibility index (Phi) is 8.61. The predicted octanol–water partition coefficient (Wildman–Crippen LogP) is 1.34. The highest BCUT2D eigenvalue weighted by Gasteiger charge is 2.24. The van der Waals surface area contributed by atoms with Gasteiger partial charge >= 0.3 is 5.97 Å². The molecule has 2 aromatic rings. The largest absolute Gasteiger partial charge is 0.465 e. The molecule has 28 heavy (non-hydrogen) atoms. The molecule has 1 amide bonds. The number of esters is 1. The van der Waals surface area contributed by atoms with E-state index in [2.05, 4.69) is 16.1 Å². The zero-order valence-electron chi connectivity index (χ0n) is 16.3. The van der Waals surface area contributed by atoms with E-state index >= 15 is 0 Å². The monoisotopic (exact) mass is 384 g/mol. The number of hydrogen-bond donors (Lipinski definition) is 4. The molecule has 0 bridgehead atoms. The van der Waals surface area contributed by atoms with E-state index in [1.807, 2.05) is 54.6 Å². The van der Waals surface area contributed by atoms with Crippen molar-refractivity contribution >= 4 is 11.9 Å². The Hall–Kier alpha value is -2.74. The van der Waals surface area contributed by atoms with Gasteiger partial charge in [-0.3, -0.25) is 20.7 Å². The van der Waals surface area contributed by atoms with E-state index < -0.39 is 18.1 Å². The maximum atomic E-state index is 12.5. The van der Waals surface area contributed by atoms with E-state index in [9.17, 15) is 9.59 Å². The molecule has 150 valence electrons. The molecule has 0 fully saturated rings. The predicted molar refractivity (Wildman–Crippen MR) is 109 cm³/mol. The van der Waals surface area contributed by atoms with Crippen molar-refractivity contribution < 1.29 is 14.3 Å². The topological polar surface area (TPSA) is 105 Å². The molecule has 0 aromatic heterocycles. The Morgan fingerprint density at radius 3 is 2.29 bits per heavy atom. The molecule has 0 saturated carbocycles. The lowest BCUT2D eigenvalue weighted by atomic mass is 10.00. The summed E-state index contributed by atoms with van der Waals surface area (Å²) in [5.74, 6) is 4.59. The number of rotatable bonds is 10. The van der Waals surface area contributed by atoms with Crippen molar-refractivity contribution in [2.45, 2.75) is 32.4 Å². The summed E-state index contributed by atoms with van der Waals surface area (Å²) in [4.78, 5) is 24.4. The molecule has 0 aliphatic heterocycles. The first-order valence-corrected chi connectivity index (χ1v) is 9.33. The third kappa shape index (κ3) is 6.45. The van der Waals surface area contributed by atoms with Gasteiger partial charge in [-0.2, -0.15) is 0 Å². The zero-order chi connectivity index (χ0) is 20.4. The summed E-state index contributed by atoms with van der Waals surface area (Å²) >= 11 is 0. The minimum atomic E-state index is -0.606. The Morgan fingerprint density at radius 1 is 1.04 bits per heavy atom. The molecule has 7 nitrogen and oxygen atoms in total. The summed E-state index contributed by atoms with van der Waals surface area (Å²) in [5.41, 5.74) is 5.60. The molecule has 2 rings (SSSR count). The molecule has 0 aliphatic carbocycles. The number of hydrazine groups is 1. The molecular formula is C21H28N4O3. The number of carbonyl (C=O) groups is 2. The van der Waals surface area contributed by atoms with Crippen LogP contribution in [0.15, 0.2) is 54.6 Å². The van der Waals surface area contributed by atoms with Gasteiger partial charge in [-0.05, 0) is 37.0 Å². The van der Waals surface area contributed by atoms with Crippen LogP contribution < -0.4 is 21.9 Å². The van der Waals surface area contributed by atoms with Gasteiger partial charge in [0.15, 0.2) is 0 Å². The number of amides is 1. The SMILES string of the molecule is CCOC(=O)C(C)NC(Cc1ccc(-c2ccccc2)cc1)C(=O)NCNN. The maximum Gasteiger partial charge on any atom is 0.322 e. The standard InChI is InChI=1S/C21H28N4O3/c1-3-28-21(27)15(2)25-19(20(26)23-14-24-22)13-16-9-11-18(12-10-16)17-7-5-4-6-8-17/h4-12,15,19,24-25H,3,13-14,22H2,1-2H3,(H,23,26). The molecule has 5 N–H and O–H groups in total. The number of hydrogen-bond acceptors (Lipinski definition) is 6. The molecule has 0 saturated heterocycles. The molecule has 0 spiro atoms. The van der Waals surface area contributed by atoms with Crippen molar-refractivity contribution in [2.75, 3.05) is 13.3 Å². The lowest BCUT2D eigenvalue weighted by Gasteiger charge is -2.22. The highest BCUT2D eigenvalue weighted by atomic mass is 16.5. The van der Waals surface area contributed by atoms with Crippen LogP contribution in [0.4, 0.5) is 0 Å². The summed E-state index contributed by atoms with van der Waals surface area (Å²) in [7, 11) is 0. The highest BCUT2D eigenvalue weighted by molar-refractivity contribution is 5.83. The normalized spacial score (nSPS) is 12.8. The van der Waals surface area contributed by atoms with Gasteiger partial charge in [-0.15, -0.1) is 0 Å². The van der Waals surface area contributed by atoms with Gasteiger partial charge in [0.05, 0.1) is 19.3 Å². The van der Waals surface area contributed by atoms with Crippen LogP contribution in [-0.4, -0.2) is 37.2 Å². The highest BCUT2D eigenvalue weighted by Crippen LogP contribution is 2.19. The van der Waals surface area contributed by atoms with Crippen molar-refractivity contribution in [1.82, 2.24) is 16.1 Å². The molecule has 0 radical (unpaired) electrons. The molecule has 0 aliphatic rings. The fraction of sp³-hybridized carbons (Fsp3) is 0.333. The van der Waals surface area contributed by atoms with Gasteiger partial charge in [0.1, 0.15) is 6.04 Å². The average Bonchev–Trinajstić information content (AvgIpc) is 2.72. The molecule has 0 heterocycles. The Balaban J connectivity index is 2.10. The third-order valence-electron chi connectivity index (χ3n) is 4.27. The van der Waals surface area contributed by atoms with E-state index in [1.54, 1.807) is 13.8 Å². The van der Waals surface area contributed by atoms with Crippen LogP contribution in [0.2, 0.25) is 0 Å². The summed E-state index contributed by atoms with van der Waals surface area (Å²) in [6, 6.07) is 16.9. The van der Waals surface area contributed by atoms with Crippen molar-refractivity contribution in [3.8, 4) is 11.1 Å². The van der Waals surface area contributed by atoms with Gasteiger partial charge in [-0.1, -0.05) is 54.6 Å². The molecule has 2 unspecified atom stereocenters. The molecule has 2 atom stereocenters. The fourth-order valence-electron chi connectivity index (χ4n) is 2.83. The summed E-state index contributed by atoms with van der Waals surface area (Å²) in [6.07, 6.45) is 0.426. The Bertz CT molecular complexity index is 750. The van der Waals surface area contributed by atoms with Crippen LogP contribution in [0.25, 0.3) is 11.1 Å². The molecular weight excluding hydrogens is 356 g/mol. The number of ether oxygens (including phenoxy) is 1. The molecule has 7 heteroatoms. The van der Waals surface area contributed by atoms with Gasteiger partial charge in [0, 0.05) is 0 Å². The van der Waals surface area contributed by atoms with Gasteiger partial charge < -0.3 is 10.1 Å². The lowest BCUT2D eigenvalue weighted by molar-refractivity contribution is -0.145. The summed E-state index contributed by atoms with van der Waals surface area (Å²) < 4.78 is 5.01. The number of nitrogens with one attached hydrogen (secondary N) is 3. The third-order valence-corrected chi connectivity index (χ3v) is 4.27. The summed E-state index contributed by atoms with van der Waals surface area (Å²) in [6.45, 7) is 3.85. The minimum Gasteiger partial charge on any atom is -0.465 e. The van der Waals surface area contributed by atoms with Gasteiger partial charge in [0.2, 0.25) is 5.91 Å². The van der Waals surface area contributed by atoms with Crippen LogP contribution in [0.3, 0.4) is 0 Å². The smallest absolute Gasteiger partial charge is 0.322 e. The average molecular weight is 384 g/mol. The quantitative estimate of drug-likeness (QED) is 0.213. The Labute approximate surface area is 165 Å². The molecule has 2 aromatic carbocycles. The fourth-order valence-corrected chi connectivity index (χ4v) is 2.83. The zero-order valence-corrected chi connectivity index (χ0v) is 16.3. The van der Waals surface area contributed by atoms with Crippen LogP contribution >= 0.6 is 0 Å². The first kappa shape index (κ1) is 21.6. The van der Waals surface area contributed by atoms with Gasteiger partial charge in [-0.25, -0.2) is 5.43 Å². The van der Waals surface area contributed by atoms with Crippen LogP contribution in [0.5, 0.6) is 0 Å². The second-order valence-corrected chi connectivity index (χ2v) is 6.38. The second-order valence-electron chi connectivity index (χ2n) is 6.38. The minimum absolute atomic E-state index is 0.137. The van der Waals surface area contributed by atoms with Crippen LogP contribution in [0.1, 0.15) is 19.4 Å².